The number of hydrogen-bond acceptors (Lipinski definition) is 4. The molecule has 82 valence electrons. The molecule has 5 nitrogen and oxygen atoms in total. The van der Waals surface area contributed by atoms with Gasteiger partial charge < -0.3 is 10.0 Å². The van der Waals surface area contributed by atoms with Gasteiger partial charge in [-0.3, -0.25) is 4.79 Å². The Morgan fingerprint density at radius 2 is 2.50 bits per heavy atom. The number of hydrogen-bond donors (Lipinski definition) is 1. The van der Waals surface area contributed by atoms with Gasteiger partial charge in [0.05, 0.1) is 0 Å². The molecule has 0 aliphatic carbocycles. The van der Waals surface area contributed by atoms with Crippen molar-refractivity contribution in [1.82, 2.24) is 4.98 Å². The SMILES string of the molecule is N#Cc1cc(N2CC(CO)CC2=O)ccn1. The van der Waals surface area contributed by atoms with Crippen molar-refractivity contribution in [2.24, 2.45) is 5.92 Å². The number of amides is 1. The van der Waals surface area contributed by atoms with E-state index in [9.17, 15) is 4.79 Å². The summed E-state index contributed by atoms with van der Waals surface area (Å²) in [4.78, 5) is 17.1. The monoisotopic (exact) mass is 217 g/mol. The topological polar surface area (TPSA) is 77.2 Å². The second-order valence-electron chi connectivity index (χ2n) is 3.77. The number of carbonyl (C=O) groups is 1. The lowest BCUT2D eigenvalue weighted by molar-refractivity contribution is -0.117. The third kappa shape index (κ3) is 1.88. The zero-order chi connectivity index (χ0) is 11.5. The summed E-state index contributed by atoms with van der Waals surface area (Å²) in [7, 11) is 0. The number of anilines is 1. The smallest absolute Gasteiger partial charge is 0.227 e. The van der Waals surface area contributed by atoms with Crippen molar-refractivity contribution in [2.45, 2.75) is 6.42 Å². The number of rotatable bonds is 2. The van der Waals surface area contributed by atoms with Crippen LogP contribution in [0.2, 0.25) is 0 Å². The van der Waals surface area contributed by atoms with E-state index in [4.69, 9.17) is 10.4 Å². The van der Waals surface area contributed by atoms with Crippen LogP contribution in [0.3, 0.4) is 0 Å². The van der Waals surface area contributed by atoms with E-state index in [1.807, 2.05) is 6.07 Å². The molecule has 0 bridgehead atoms. The molecule has 0 spiro atoms. The molecule has 1 N–H and O–H groups in total. The highest BCUT2D eigenvalue weighted by Crippen LogP contribution is 2.24. The molecule has 0 radical (unpaired) electrons. The van der Waals surface area contributed by atoms with Crippen molar-refractivity contribution in [3.05, 3.63) is 24.0 Å². The van der Waals surface area contributed by atoms with Gasteiger partial charge in [-0.1, -0.05) is 0 Å². The third-order valence-corrected chi connectivity index (χ3v) is 2.63. The van der Waals surface area contributed by atoms with E-state index >= 15 is 0 Å². The summed E-state index contributed by atoms with van der Waals surface area (Å²) in [5.41, 5.74) is 0.963. The molecule has 1 atom stereocenters. The van der Waals surface area contributed by atoms with Crippen LogP contribution in [-0.2, 0) is 4.79 Å². The zero-order valence-corrected chi connectivity index (χ0v) is 8.63. The van der Waals surface area contributed by atoms with Crippen molar-refractivity contribution in [1.29, 1.82) is 5.26 Å². The average Bonchev–Trinajstić information content (AvgIpc) is 2.71. The first-order valence-corrected chi connectivity index (χ1v) is 5.02. The molecular weight excluding hydrogens is 206 g/mol. The van der Waals surface area contributed by atoms with Gasteiger partial charge in [-0.2, -0.15) is 5.26 Å². The van der Waals surface area contributed by atoms with Crippen molar-refractivity contribution < 1.29 is 9.90 Å². The summed E-state index contributed by atoms with van der Waals surface area (Å²) in [6.45, 7) is 0.517. The number of nitrogens with zero attached hydrogens (tertiary/aromatic N) is 3. The van der Waals surface area contributed by atoms with Gasteiger partial charge in [-0.15, -0.1) is 0 Å². The van der Waals surface area contributed by atoms with E-state index < -0.39 is 0 Å². The summed E-state index contributed by atoms with van der Waals surface area (Å²) in [6, 6.07) is 5.21. The molecule has 5 heteroatoms. The zero-order valence-electron chi connectivity index (χ0n) is 8.63. The van der Waals surface area contributed by atoms with Crippen LogP contribution < -0.4 is 4.90 Å². The number of nitriles is 1. The predicted molar refractivity (Wildman–Crippen MR) is 56.5 cm³/mol. The Bertz CT molecular complexity index is 453. The normalized spacial score (nSPS) is 19.9. The number of aromatic nitrogens is 1. The molecule has 1 unspecified atom stereocenters. The fourth-order valence-corrected chi connectivity index (χ4v) is 1.80. The fraction of sp³-hybridized carbons (Fsp3) is 0.364. The Morgan fingerprint density at radius 1 is 1.69 bits per heavy atom. The maximum Gasteiger partial charge on any atom is 0.227 e. The van der Waals surface area contributed by atoms with E-state index in [-0.39, 0.29) is 24.1 Å². The standard InChI is InChI=1S/C11H11N3O2/c12-5-9-4-10(1-2-13-9)14-6-8(7-15)3-11(14)16/h1-2,4,8,15H,3,6-7H2. The van der Waals surface area contributed by atoms with Gasteiger partial charge in [0.2, 0.25) is 5.91 Å². The van der Waals surface area contributed by atoms with E-state index in [2.05, 4.69) is 4.98 Å². The second-order valence-corrected chi connectivity index (χ2v) is 3.77. The van der Waals surface area contributed by atoms with Crippen LogP contribution >= 0.6 is 0 Å². The number of aliphatic hydroxyl groups is 1. The first-order chi connectivity index (χ1) is 7.74. The van der Waals surface area contributed by atoms with E-state index in [0.717, 1.165) is 0 Å². The molecule has 1 amide bonds. The Kier molecular flexibility index (Phi) is 2.84. The lowest BCUT2D eigenvalue weighted by atomic mass is 10.1. The van der Waals surface area contributed by atoms with E-state index in [1.165, 1.54) is 6.20 Å². The van der Waals surface area contributed by atoms with Crippen LogP contribution in [0.5, 0.6) is 0 Å². The Hall–Kier alpha value is -1.93. The highest BCUT2D eigenvalue weighted by atomic mass is 16.3. The van der Waals surface area contributed by atoms with Gasteiger partial charge >= 0.3 is 0 Å². The molecular formula is C11H11N3O2. The fourth-order valence-electron chi connectivity index (χ4n) is 1.80. The number of pyridine rings is 1. The third-order valence-electron chi connectivity index (χ3n) is 2.63. The molecule has 16 heavy (non-hydrogen) atoms. The maximum atomic E-state index is 11.7. The summed E-state index contributed by atoms with van der Waals surface area (Å²) < 4.78 is 0. The summed E-state index contributed by atoms with van der Waals surface area (Å²) >= 11 is 0. The Morgan fingerprint density at radius 3 is 3.12 bits per heavy atom. The van der Waals surface area contributed by atoms with Crippen LogP contribution in [0.1, 0.15) is 12.1 Å². The summed E-state index contributed by atoms with van der Waals surface area (Å²) in [5, 5.41) is 17.7. The van der Waals surface area contributed by atoms with Crippen molar-refractivity contribution >= 4 is 11.6 Å². The van der Waals surface area contributed by atoms with Crippen molar-refractivity contribution in [3.63, 3.8) is 0 Å². The molecule has 2 rings (SSSR count). The molecule has 0 saturated carbocycles. The van der Waals surface area contributed by atoms with Gasteiger partial charge in [0.25, 0.3) is 0 Å². The molecule has 1 saturated heterocycles. The van der Waals surface area contributed by atoms with E-state index in [1.54, 1.807) is 17.0 Å². The molecule has 1 fully saturated rings. The van der Waals surface area contributed by atoms with Gasteiger partial charge in [0.1, 0.15) is 11.8 Å². The highest BCUT2D eigenvalue weighted by Gasteiger charge is 2.30. The van der Waals surface area contributed by atoms with Crippen molar-refractivity contribution in [3.8, 4) is 6.07 Å². The maximum absolute atomic E-state index is 11.7. The highest BCUT2D eigenvalue weighted by molar-refractivity contribution is 5.95. The van der Waals surface area contributed by atoms with Crippen molar-refractivity contribution in [2.75, 3.05) is 18.1 Å². The Labute approximate surface area is 92.9 Å². The van der Waals surface area contributed by atoms with Gasteiger partial charge in [-0.05, 0) is 12.1 Å². The van der Waals surface area contributed by atoms with Crippen LogP contribution in [-0.4, -0.2) is 29.1 Å². The minimum atomic E-state index is -0.0193. The largest absolute Gasteiger partial charge is 0.396 e. The van der Waals surface area contributed by atoms with Crippen LogP contribution in [0.4, 0.5) is 5.69 Å². The minimum Gasteiger partial charge on any atom is -0.396 e. The summed E-state index contributed by atoms with van der Waals surface area (Å²) in [6.07, 6.45) is 1.87. The van der Waals surface area contributed by atoms with Crippen LogP contribution in [0.15, 0.2) is 18.3 Å². The first kappa shape index (κ1) is 10.6. The molecule has 1 aliphatic heterocycles. The quantitative estimate of drug-likeness (QED) is 0.772. The summed E-state index contributed by atoms with van der Waals surface area (Å²) in [5.74, 6) is -0.0275. The first-order valence-electron chi connectivity index (χ1n) is 5.02. The van der Waals surface area contributed by atoms with Crippen LogP contribution in [0.25, 0.3) is 0 Å². The van der Waals surface area contributed by atoms with Crippen LogP contribution in [0, 0.1) is 17.2 Å². The van der Waals surface area contributed by atoms with Gasteiger partial charge in [0, 0.05) is 37.4 Å². The molecule has 0 aromatic carbocycles. The Balaban J connectivity index is 2.25. The molecule has 1 aromatic heterocycles. The molecule has 1 aliphatic rings. The number of carbonyl (C=O) groups excluding carboxylic acids is 1. The number of aliphatic hydroxyl groups excluding tert-OH is 1. The van der Waals surface area contributed by atoms with Gasteiger partial charge in [-0.25, -0.2) is 4.98 Å². The molecule has 1 aromatic rings. The predicted octanol–water partition coefficient (Wildman–Crippen LogP) is 0.298. The minimum absolute atomic E-state index is 0.00815. The second kappa shape index (κ2) is 4.29. The average molecular weight is 217 g/mol. The van der Waals surface area contributed by atoms with Gasteiger partial charge in [0.15, 0.2) is 0 Å². The lowest BCUT2D eigenvalue weighted by Crippen LogP contribution is -2.24. The lowest BCUT2D eigenvalue weighted by Gasteiger charge is -2.16. The molecule has 2 heterocycles. The van der Waals surface area contributed by atoms with E-state index in [0.29, 0.717) is 18.7 Å².